The van der Waals surface area contributed by atoms with E-state index < -0.39 is 34.0 Å². The molecule has 2 atom stereocenters. The molecule has 3 N–H and O–H groups in total. The third kappa shape index (κ3) is 9.25. The number of nitrogens with one attached hydrogen (secondary N) is 3. The van der Waals surface area contributed by atoms with Crippen LogP contribution in [0, 0.1) is 6.92 Å². The second-order valence-corrected chi connectivity index (χ2v) is 12.5. The quantitative estimate of drug-likeness (QED) is 0.181. The molecule has 14 heteroatoms. The Morgan fingerprint density at radius 1 is 1.07 bits per heavy atom. The third-order valence-corrected chi connectivity index (χ3v) is 9.37. The molecule has 2 aliphatic rings. The van der Waals surface area contributed by atoms with Crippen LogP contribution in [0.2, 0.25) is 0 Å². The Morgan fingerprint density at radius 2 is 1.74 bits per heavy atom. The van der Waals surface area contributed by atoms with Crippen molar-refractivity contribution in [3.05, 3.63) is 59.7 Å². The summed E-state index contributed by atoms with van der Waals surface area (Å²) in [6.45, 7) is 6.89. The molecule has 1 amide bonds. The van der Waals surface area contributed by atoms with Gasteiger partial charge in [-0.05, 0) is 68.2 Å². The predicted octanol–water partition coefficient (Wildman–Crippen LogP) is -2.75. The number of ether oxygens (including phenoxy) is 1. The molecular weight excluding hydrogens is 573 g/mol. The van der Waals surface area contributed by atoms with Crippen molar-refractivity contribution < 1.29 is 46.7 Å². The van der Waals surface area contributed by atoms with Crippen LogP contribution in [0.15, 0.2) is 53.4 Å². The Bertz CT molecular complexity index is 1320. The number of carboxylic acids is 1. The molecule has 222 valence electrons. The van der Waals surface area contributed by atoms with Gasteiger partial charge in [-0.1, -0.05) is 29.8 Å². The van der Waals surface area contributed by atoms with Crippen LogP contribution < -0.4 is 39.9 Å². The van der Waals surface area contributed by atoms with E-state index in [2.05, 4.69) is 20.9 Å². The van der Waals surface area contributed by atoms with Crippen LogP contribution in [0.3, 0.4) is 0 Å². The number of carbonyl (C=O) groups is 2. The van der Waals surface area contributed by atoms with Gasteiger partial charge >= 0.3 is 18.9 Å². The Morgan fingerprint density at radius 3 is 2.38 bits per heavy atom. The fourth-order valence-corrected chi connectivity index (χ4v) is 6.76. The summed E-state index contributed by atoms with van der Waals surface area (Å²) in [4.78, 5) is 27.4. The van der Waals surface area contributed by atoms with Crippen molar-refractivity contribution in [2.45, 2.75) is 43.2 Å². The zero-order chi connectivity index (χ0) is 29.4. The van der Waals surface area contributed by atoms with Gasteiger partial charge < -0.3 is 30.6 Å². The van der Waals surface area contributed by atoms with Gasteiger partial charge in [-0.3, -0.25) is 9.69 Å². The first-order valence-electron chi connectivity index (χ1n) is 13.7. The minimum atomic E-state index is -3.91. The molecule has 0 radical (unpaired) electrons. The van der Waals surface area contributed by atoms with E-state index in [0.29, 0.717) is 30.1 Å². The first-order chi connectivity index (χ1) is 19.6. The van der Waals surface area contributed by atoms with Crippen LogP contribution in [0.25, 0.3) is 0 Å². The molecule has 2 heterocycles. The summed E-state index contributed by atoms with van der Waals surface area (Å²) in [7, 11) is -3.91. The van der Waals surface area contributed by atoms with Gasteiger partial charge in [0, 0.05) is 38.4 Å². The summed E-state index contributed by atoms with van der Waals surface area (Å²) in [6.07, 6.45) is 0.781. The SMILES string of the molecule is Cc1ccc(S(=O)(=O)N2CCC[C@H]2C(=O)N[C@@H](Cc2ccc(NC(=S)NCCN3CCOCC3)cc2)C(=O)[O-])cc1.[Li+]. The second-order valence-electron chi connectivity index (χ2n) is 10.2. The predicted molar refractivity (Wildman–Crippen MR) is 157 cm³/mol. The molecule has 2 aromatic carbocycles. The molecule has 2 saturated heterocycles. The molecule has 0 bridgehead atoms. The zero-order valence-corrected chi connectivity index (χ0v) is 25.6. The molecule has 2 fully saturated rings. The summed E-state index contributed by atoms with van der Waals surface area (Å²) in [5, 5.41) is 21.2. The van der Waals surface area contributed by atoms with E-state index in [-0.39, 0.29) is 36.7 Å². The van der Waals surface area contributed by atoms with Crippen LogP contribution in [-0.2, 0) is 30.8 Å². The summed E-state index contributed by atoms with van der Waals surface area (Å²) in [5.41, 5.74) is 2.31. The summed E-state index contributed by atoms with van der Waals surface area (Å²) < 4.78 is 32.9. The standard InChI is InChI=1S/C28H37N5O6S2.Li/c1-20-4-10-23(11-5-20)41(37,38)33-13-2-3-25(33)26(34)31-24(27(35)36)19-21-6-8-22(9-7-21)30-28(40)29-12-14-32-15-17-39-18-16-32;/h4-11,24-25H,2-3,12-19H2,1H3,(H,31,34)(H,35,36)(H2,29,30,40);/q;+1/p-1/t24-,25-;/m0./s1. The first kappa shape index (κ1) is 34.0. The van der Waals surface area contributed by atoms with E-state index in [1.807, 2.05) is 6.92 Å². The first-order valence-corrected chi connectivity index (χ1v) is 15.5. The van der Waals surface area contributed by atoms with Crippen molar-refractivity contribution in [3.8, 4) is 0 Å². The van der Waals surface area contributed by atoms with E-state index in [1.165, 1.54) is 12.1 Å². The largest absolute Gasteiger partial charge is 1.00 e. The number of thiocarbonyl (C=S) groups is 1. The van der Waals surface area contributed by atoms with E-state index in [4.69, 9.17) is 17.0 Å². The molecule has 0 aromatic heterocycles. The number of morpholine rings is 1. The van der Waals surface area contributed by atoms with Gasteiger partial charge in [0.05, 0.1) is 30.1 Å². The number of anilines is 1. The van der Waals surface area contributed by atoms with Gasteiger partial charge in [-0.25, -0.2) is 8.42 Å². The fraction of sp³-hybridized carbons (Fsp3) is 0.464. The molecule has 0 unspecified atom stereocenters. The number of nitrogens with zero attached hydrogens (tertiary/aromatic N) is 2. The average Bonchev–Trinajstić information content (AvgIpc) is 3.46. The number of hydrogen-bond donors (Lipinski definition) is 3. The topological polar surface area (TPSA) is 143 Å². The van der Waals surface area contributed by atoms with Gasteiger partial charge in [0.1, 0.15) is 6.04 Å². The zero-order valence-electron chi connectivity index (χ0n) is 24.0. The molecule has 0 saturated carbocycles. The Kier molecular flexibility index (Phi) is 12.8. The summed E-state index contributed by atoms with van der Waals surface area (Å²) in [5.74, 6) is -2.10. The number of aryl methyl sites for hydroxylation is 1. The number of benzene rings is 2. The van der Waals surface area contributed by atoms with Crippen LogP contribution in [0.1, 0.15) is 24.0 Å². The van der Waals surface area contributed by atoms with Crippen molar-refractivity contribution in [3.63, 3.8) is 0 Å². The van der Waals surface area contributed by atoms with Crippen LogP contribution in [0.5, 0.6) is 0 Å². The number of sulfonamides is 1. The van der Waals surface area contributed by atoms with Crippen molar-refractivity contribution in [1.29, 1.82) is 0 Å². The Labute approximate surface area is 264 Å². The number of rotatable bonds is 11. The number of aliphatic carboxylic acids is 1. The molecule has 4 rings (SSSR count). The fourth-order valence-electron chi connectivity index (χ4n) is 4.88. The van der Waals surface area contributed by atoms with Gasteiger partial charge in [0.25, 0.3) is 0 Å². The maximum Gasteiger partial charge on any atom is 1.00 e. The number of hydrogen-bond acceptors (Lipinski definition) is 8. The molecule has 0 spiro atoms. The number of carbonyl (C=O) groups excluding carboxylic acids is 2. The maximum absolute atomic E-state index is 13.2. The van der Waals surface area contributed by atoms with Crippen LogP contribution >= 0.6 is 12.2 Å². The maximum atomic E-state index is 13.2. The van der Waals surface area contributed by atoms with Crippen molar-refractivity contribution >= 4 is 44.9 Å². The van der Waals surface area contributed by atoms with E-state index in [1.54, 1.807) is 36.4 Å². The molecule has 2 aliphatic heterocycles. The van der Waals surface area contributed by atoms with Gasteiger partial charge in [0.2, 0.25) is 15.9 Å². The van der Waals surface area contributed by atoms with E-state index in [0.717, 1.165) is 48.4 Å². The summed E-state index contributed by atoms with van der Waals surface area (Å²) >= 11 is 5.37. The second kappa shape index (κ2) is 15.8. The van der Waals surface area contributed by atoms with Gasteiger partial charge in [-0.2, -0.15) is 4.31 Å². The molecule has 0 aliphatic carbocycles. The molecule has 11 nitrogen and oxygen atoms in total. The van der Waals surface area contributed by atoms with Crippen LogP contribution in [-0.4, -0.2) is 92.6 Å². The minimum Gasteiger partial charge on any atom is -0.548 e. The van der Waals surface area contributed by atoms with Crippen molar-refractivity contribution in [2.24, 2.45) is 0 Å². The smallest absolute Gasteiger partial charge is 0.548 e. The van der Waals surface area contributed by atoms with Gasteiger partial charge in [0.15, 0.2) is 5.11 Å². The average molecular weight is 610 g/mol. The third-order valence-electron chi connectivity index (χ3n) is 7.20. The van der Waals surface area contributed by atoms with Crippen molar-refractivity contribution in [1.82, 2.24) is 19.8 Å². The van der Waals surface area contributed by atoms with Gasteiger partial charge in [-0.15, -0.1) is 0 Å². The molecular formula is C28H36LiN5O6S2. The minimum absolute atomic E-state index is 0. The molecule has 2 aromatic rings. The number of amides is 1. The molecule has 42 heavy (non-hydrogen) atoms. The Hall–Kier alpha value is -2.50. The normalized spacial score (nSPS) is 18.5. The number of carboxylic acid groups (broad SMARTS) is 1. The van der Waals surface area contributed by atoms with E-state index >= 15 is 0 Å². The summed E-state index contributed by atoms with van der Waals surface area (Å²) in [6, 6.07) is 11.1. The Balaban J connectivity index is 0.00000484. The monoisotopic (exact) mass is 609 g/mol. The van der Waals surface area contributed by atoms with Crippen LogP contribution in [0.4, 0.5) is 5.69 Å². The van der Waals surface area contributed by atoms with E-state index in [9.17, 15) is 23.1 Å². The van der Waals surface area contributed by atoms with Crippen molar-refractivity contribution in [2.75, 3.05) is 51.3 Å².